The Balaban J connectivity index is 2.42. The molecule has 3 heteroatoms. The molecule has 2 aromatic rings. The third-order valence-electron chi connectivity index (χ3n) is 2.90. The molecule has 18 heavy (non-hydrogen) atoms. The molecule has 0 saturated carbocycles. The highest BCUT2D eigenvalue weighted by Gasteiger charge is 2.05. The lowest BCUT2D eigenvalue weighted by atomic mass is 10.0. The molecule has 2 aromatic carbocycles. The van der Waals surface area contributed by atoms with Crippen LogP contribution < -0.4 is 10.5 Å². The second-order valence-electron chi connectivity index (χ2n) is 4.26. The highest BCUT2D eigenvalue weighted by atomic mass is 35.5. The minimum absolute atomic E-state index is 0.0265. The lowest BCUT2D eigenvalue weighted by molar-refractivity contribution is 0.415. The third-order valence-corrected chi connectivity index (χ3v) is 3.19. The van der Waals surface area contributed by atoms with Crippen molar-refractivity contribution in [2.24, 2.45) is 5.73 Å². The number of benzene rings is 2. The van der Waals surface area contributed by atoms with E-state index in [2.05, 4.69) is 6.07 Å². The first kappa shape index (κ1) is 12.9. The van der Waals surface area contributed by atoms with Crippen LogP contribution in [0.3, 0.4) is 0 Å². The molecule has 0 spiro atoms. The lowest BCUT2D eigenvalue weighted by Gasteiger charge is -2.10. The molecule has 2 nitrogen and oxygen atoms in total. The summed E-state index contributed by atoms with van der Waals surface area (Å²) in [5, 5.41) is 0.612. The van der Waals surface area contributed by atoms with Crippen LogP contribution in [0.1, 0.15) is 18.5 Å². The van der Waals surface area contributed by atoms with E-state index in [4.69, 9.17) is 22.1 Å². The Labute approximate surface area is 112 Å². The van der Waals surface area contributed by atoms with Crippen molar-refractivity contribution in [1.82, 2.24) is 0 Å². The fourth-order valence-corrected chi connectivity index (χ4v) is 2.11. The summed E-state index contributed by atoms with van der Waals surface area (Å²) in [5.41, 5.74) is 9.17. The van der Waals surface area contributed by atoms with E-state index in [0.29, 0.717) is 10.8 Å². The molecule has 0 aliphatic heterocycles. The lowest BCUT2D eigenvalue weighted by Crippen LogP contribution is -2.04. The van der Waals surface area contributed by atoms with Crippen LogP contribution >= 0.6 is 11.6 Å². The van der Waals surface area contributed by atoms with Gasteiger partial charge in [0, 0.05) is 6.04 Å². The quantitative estimate of drug-likeness (QED) is 0.905. The van der Waals surface area contributed by atoms with Crippen molar-refractivity contribution in [2.45, 2.75) is 13.0 Å². The number of ether oxygens (including phenoxy) is 1. The van der Waals surface area contributed by atoms with Gasteiger partial charge in [-0.05, 0) is 41.8 Å². The molecule has 1 unspecified atom stereocenters. The van der Waals surface area contributed by atoms with Crippen molar-refractivity contribution in [3.63, 3.8) is 0 Å². The summed E-state index contributed by atoms with van der Waals surface area (Å²) in [6, 6.07) is 14.0. The fourth-order valence-electron chi connectivity index (χ4n) is 1.85. The van der Waals surface area contributed by atoms with Crippen molar-refractivity contribution in [2.75, 3.05) is 7.11 Å². The summed E-state index contributed by atoms with van der Waals surface area (Å²) >= 11 is 6.13. The minimum Gasteiger partial charge on any atom is -0.495 e. The van der Waals surface area contributed by atoms with E-state index in [0.717, 1.165) is 16.7 Å². The normalized spacial score (nSPS) is 12.2. The summed E-state index contributed by atoms with van der Waals surface area (Å²) in [7, 11) is 1.61. The Morgan fingerprint density at radius 2 is 1.83 bits per heavy atom. The van der Waals surface area contributed by atoms with Crippen molar-refractivity contribution in [1.29, 1.82) is 0 Å². The molecule has 0 heterocycles. The monoisotopic (exact) mass is 261 g/mol. The van der Waals surface area contributed by atoms with Crippen LogP contribution in [0.25, 0.3) is 11.1 Å². The van der Waals surface area contributed by atoms with E-state index in [1.807, 2.05) is 43.3 Å². The van der Waals surface area contributed by atoms with Crippen LogP contribution in [-0.4, -0.2) is 7.11 Å². The van der Waals surface area contributed by atoms with Crippen LogP contribution in [-0.2, 0) is 0 Å². The van der Waals surface area contributed by atoms with Crippen molar-refractivity contribution >= 4 is 11.6 Å². The number of halogens is 1. The maximum absolute atomic E-state index is 6.13. The fraction of sp³-hybridized carbons (Fsp3) is 0.200. The summed E-state index contributed by atoms with van der Waals surface area (Å²) in [6.45, 7) is 1.97. The highest BCUT2D eigenvalue weighted by Crippen LogP contribution is 2.30. The Kier molecular flexibility index (Phi) is 3.90. The topological polar surface area (TPSA) is 35.2 Å². The molecule has 0 aliphatic carbocycles. The Morgan fingerprint density at radius 1 is 1.11 bits per heavy atom. The molecule has 0 saturated heterocycles. The molecule has 0 aliphatic rings. The smallest absolute Gasteiger partial charge is 0.137 e. The van der Waals surface area contributed by atoms with Gasteiger partial charge in [-0.1, -0.05) is 35.9 Å². The van der Waals surface area contributed by atoms with E-state index >= 15 is 0 Å². The molecule has 0 fully saturated rings. The SMILES string of the molecule is COc1ccc(-c2cccc(C(C)N)c2)cc1Cl. The standard InChI is InChI=1S/C15H16ClNO/c1-10(17)11-4-3-5-12(8-11)13-6-7-15(18-2)14(16)9-13/h3-10H,17H2,1-2H3. The predicted molar refractivity (Wildman–Crippen MR) is 76.0 cm³/mol. The number of methoxy groups -OCH3 is 1. The third kappa shape index (κ3) is 2.66. The first-order valence-corrected chi connectivity index (χ1v) is 6.19. The molecule has 2 rings (SSSR count). The molecular weight excluding hydrogens is 246 g/mol. The van der Waals surface area contributed by atoms with E-state index in [9.17, 15) is 0 Å². The Morgan fingerprint density at radius 3 is 2.44 bits per heavy atom. The van der Waals surface area contributed by atoms with Gasteiger partial charge >= 0.3 is 0 Å². The maximum atomic E-state index is 6.13. The van der Waals surface area contributed by atoms with Gasteiger partial charge in [-0.15, -0.1) is 0 Å². The van der Waals surface area contributed by atoms with Crippen LogP contribution in [0.4, 0.5) is 0 Å². The van der Waals surface area contributed by atoms with Crippen molar-refractivity contribution in [3.05, 3.63) is 53.1 Å². The zero-order chi connectivity index (χ0) is 13.1. The number of rotatable bonds is 3. The zero-order valence-electron chi connectivity index (χ0n) is 10.5. The molecular formula is C15H16ClNO. The van der Waals surface area contributed by atoms with Gasteiger partial charge in [0.05, 0.1) is 12.1 Å². The van der Waals surface area contributed by atoms with Gasteiger partial charge in [-0.25, -0.2) is 0 Å². The van der Waals surface area contributed by atoms with E-state index in [1.165, 1.54) is 0 Å². The zero-order valence-corrected chi connectivity index (χ0v) is 11.2. The van der Waals surface area contributed by atoms with Crippen LogP contribution in [0.5, 0.6) is 5.75 Å². The van der Waals surface area contributed by atoms with E-state index in [-0.39, 0.29) is 6.04 Å². The Hall–Kier alpha value is -1.51. The van der Waals surface area contributed by atoms with Crippen LogP contribution in [0.2, 0.25) is 5.02 Å². The second-order valence-corrected chi connectivity index (χ2v) is 4.67. The van der Waals surface area contributed by atoms with Crippen molar-refractivity contribution in [3.8, 4) is 16.9 Å². The van der Waals surface area contributed by atoms with Gasteiger partial charge in [0.15, 0.2) is 0 Å². The second kappa shape index (κ2) is 5.42. The molecule has 94 valence electrons. The van der Waals surface area contributed by atoms with Crippen LogP contribution in [0, 0.1) is 0 Å². The van der Waals surface area contributed by atoms with Gasteiger partial charge < -0.3 is 10.5 Å². The Bertz CT molecular complexity index is 552. The van der Waals surface area contributed by atoms with E-state index in [1.54, 1.807) is 7.11 Å². The minimum atomic E-state index is 0.0265. The summed E-state index contributed by atoms with van der Waals surface area (Å²) < 4.78 is 5.15. The average molecular weight is 262 g/mol. The van der Waals surface area contributed by atoms with Gasteiger partial charge in [0.25, 0.3) is 0 Å². The number of hydrogen-bond acceptors (Lipinski definition) is 2. The van der Waals surface area contributed by atoms with Crippen LogP contribution in [0.15, 0.2) is 42.5 Å². The predicted octanol–water partition coefficient (Wildman–Crippen LogP) is 4.04. The molecule has 0 aromatic heterocycles. The van der Waals surface area contributed by atoms with Gasteiger partial charge in [-0.2, -0.15) is 0 Å². The average Bonchev–Trinajstić information content (AvgIpc) is 2.38. The van der Waals surface area contributed by atoms with Crippen molar-refractivity contribution < 1.29 is 4.74 Å². The molecule has 0 radical (unpaired) electrons. The summed E-state index contributed by atoms with van der Waals surface area (Å²) in [4.78, 5) is 0. The largest absolute Gasteiger partial charge is 0.495 e. The van der Waals surface area contributed by atoms with Gasteiger partial charge in [0.2, 0.25) is 0 Å². The van der Waals surface area contributed by atoms with Gasteiger partial charge in [-0.3, -0.25) is 0 Å². The number of nitrogens with two attached hydrogens (primary N) is 1. The summed E-state index contributed by atoms with van der Waals surface area (Å²) in [6.07, 6.45) is 0. The first-order valence-electron chi connectivity index (χ1n) is 5.81. The summed E-state index contributed by atoms with van der Waals surface area (Å²) in [5.74, 6) is 0.684. The van der Waals surface area contributed by atoms with Gasteiger partial charge in [0.1, 0.15) is 5.75 Å². The van der Waals surface area contributed by atoms with E-state index < -0.39 is 0 Å². The maximum Gasteiger partial charge on any atom is 0.137 e. The first-order chi connectivity index (χ1) is 8.61. The highest BCUT2D eigenvalue weighted by molar-refractivity contribution is 6.32. The molecule has 0 bridgehead atoms. The number of hydrogen-bond donors (Lipinski definition) is 1. The molecule has 2 N–H and O–H groups in total. The molecule has 0 amide bonds. The molecule has 1 atom stereocenters.